The molecule has 1 fully saturated rings. The Bertz CT molecular complexity index is 1520. The number of ketones is 1. The first kappa shape index (κ1) is 25.4. The summed E-state index contributed by atoms with van der Waals surface area (Å²) in [6.07, 6.45) is 0. The van der Waals surface area contributed by atoms with Gasteiger partial charge in [0.15, 0.2) is 0 Å². The molecule has 0 radical (unpaired) electrons. The SMILES string of the molecule is CCN(CC)c1ccc(C2/C(=C(\O)c3cc(Cl)ccc3OC)C(=O)C(=O)N2c2nc3ccccc3[nH]2)cc1. The van der Waals surface area contributed by atoms with E-state index in [9.17, 15) is 14.7 Å². The Morgan fingerprint density at radius 2 is 1.79 bits per heavy atom. The maximum Gasteiger partial charge on any atom is 0.302 e. The van der Waals surface area contributed by atoms with Gasteiger partial charge >= 0.3 is 5.91 Å². The lowest BCUT2D eigenvalue weighted by Gasteiger charge is -2.25. The fourth-order valence-corrected chi connectivity index (χ4v) is 5.06. The number of carbonyl (C=O) groups is 2. The Kier molecular flexibility index (Phi) is 6.82. The number of imidazole rings is 1. The highest BCUT2D eigenvalue weighted by molar-refractivity contribution is 6.51. The topological polar surface area (TPSA) is 98.8 Å². The number of aromatic nitrogens is 2. The van der Waals surface area contributed by atoms with E-state index in [1.54, 1.807) is 12.1 Å². The summed E-state index contributed by atoms with van der Waals surface area (Å²) in [4.78, 5) is 38.3. The minimum absolute atomic E-state index is 0.0772. The largest absolute Gasteiger partial charge is 0.507 e. The van der Waals surface area contributed by atoms with Crippen molar-refractivity contribution >= 4 is 51.7 Å². The van der Waals surface area contributed by atoms with Crippen molar-refractivity contribution < 1.29 is 19.4 Å². The fourth-order valence-electron chi connectivity index (χ4n) is 4.89. The van der Waals surface area contributed by atoms with Gasteiger partial charge in [-0.05, 0) is 61.9 Å². The predicted molar refractivity (Wildman–Crippen MR) is 149 cm³/mol. The van der Waals surface area contributed by atoms with Crippen LogP contribution in [0.15, 0.2) is 72.3 Å². The molecule has 9 heteroatoms. The lowest BCUT2D eigenvalue weighted by atomic mass is 9.95. The molecule has 1 atom stereocenters. The van der Waals surface area contributed by atoms with Gasteiger partial charge in [-0.3, -0.25) is 14.5 Å². The summed E-state index contributed by atoms with van der Waals surface area (Å²) in [5.74, 6) is -1.48. The van der Waals surface area contributed by atoms with Gasteiger partial charge in [0, 0.05) is 23.8 Å². The molecule has 3 aromatic carbocycles. The number of nitrogens with one attached hydrogen (secondary N) is 1. The highest BCUT2D eigenvalue weighted by atomic mass is 35.5. The number of amides is 1. The van der Waals surface area contributed by atoms with Crippen LogP contribution in [0.4, 0.5) is 11.6 Å². The molecule has 1 saturated heterocycles. The number of para-hydroxylation sites is 2. The van der Waals surface area contributed by atoms with E-state index in [1.807, 2.05) is 48.5 Å². The molecule has 1 amide bonds. The van der Waals surface area contributed by atoms with Crippen molar-refractivity contribution in [2.45, 2.75) is 19.9 Å². The van der Waals surface area contributed by atoms with Gasteiger partial charge in [-0.15, -0.1) is 0 Å². The van der Waals surface area contributed by atoms with Crippen molar-refractivity contribution in [1.29, 1.82) is 0 Å². The van der Waals surface area contributed by atoms with E-state index < -0.39 is 17.7 Å². The number of rotatable bonds is 7. The molecular formula is C29H27ClN4O4. The highest BCUT2D eigenvalue weighted by Gasteiger charge is 2.48. The number of methoxy groups -OCH3 is 1. The number of halogens is 1. The molecule has 2 heterocycles. The molecule has 1 aliphatic heterocycles. The Morgan fingerprint density at radius 3 is 2.45 bits per heavy atom. The summed E-state index contributed by atoms with van der Waals surface area (Å²) < 4.78 is 5.42. The zero-order valence-electron chi connectivity index (χ0n) is 21.2. The number of Topliss-reactive ketones (excluding diaryl/α,β-unsaturated/α-hetero) is 1. The molecule has 1 unspecified atom stereocenters. The number of carbonyl (C=O) groups excluding carboxylic acids is 2. The normalized spacial score (nSPS) is 16.8. The number of aromatic amines is 1. The van der Waals surface area contributed by atoms with Crippen molar-refractivity contribution in [2.24, 2.45) is 0 Å². The number of hydrogen-bond donors (Lipinski definition) is 2. The standard InChI is InChI=1S/C29H27ClN4O4/c1-4-33(5-2)19-13-10-17(11-14-19)25-24(26(35)20-16-18(30)12-15-23(20)38-3)27(36)28(37)34(25)29-31-21-8-6-7-9-22(21)32-29/h6-16,25,35H,4-5H2,1-3H3,(H,31,32)/b26-24+. The zero-order valence-corrected chi connectivity index (χ0v) is 22.0. The maximum atomic E-state index is 13.5. The summed E-state index contributed by atoms with van der Waals surface area (Å²) in [5, 5.41) is 11.8. The number of aliphatic hydroxyl groups is 1. The highest BCUT2D eigenvalue weighted by Crippen LogP contribution is 2.43. The molecule has 1 aromatic heterocycles. The summed E-state index contributed by atoms with van der Waals surface area (Å²) in [6, 6.07) is 18.8. The summed E-state index contributed by atoms with van der Waals surface area (Å²) in [5.41, 5.74) is 3.16. The Hall–Kier alpha value is -4.30. The van der Waals surface area contributed by atoms with Crippen LogP contribution >= 0.6 is 11.6 Å². The molecule has 0 bridgehead atoms. The molecule has 1 aliphatic rings. The molecule has 0 aliphatic carbocycles. The van der Waals surface area contributed by atoms with E-state index >= 15 is 0 Å². The van der Waals surface area contributed by atoms with Gasteiger partial charge in [0.05, 0.1) is 35.3 Å². The Balaban J connectivity index is 1.72. The van der Waals surface area contributed by atoms with Crippen molar-refractivity contribution in [1.82, 2.24) is 9.97 Å². The average molecular weight is 531 g/mol. The smallest absolute Gasteiger partial charge is 0.302 e. The first-order valence-electron chi connectivity index (χ1n) is 12.3. The van der Waals surface area contributed by atoms with Crippen LogP contribution in [0.1, 0.15) is 31.0 Å². The van der Waals surface area contributed by atoms with E-state index in [1.165, 1.54) is 18.1 Å². The monoisotopic (exact) mass is 530 g/mol. The summed E-state index contributed by atoms with van der Waals surface area (Å²) in [7, 11) is 1.45. The van der Waals surface area contributed by atoms with Gasteiger partial charge in [-0.25, -0.2) is 4.98 Å². The third-order valence-corrected chi connectivity index (χ3v) is 7.04. The van der Waals surface area contributed by atoms with Gasteiger partial charge in [0.1, 0.15) is 11.5 Å². The van der Waals surface area contributed by atoms with Crippen molar-refractivity contribution in [3.63, 3.8) is 0 Å². The average Bonchev–Trinajstić information content (AvgIpc) is 3.47. The molecular weight excluding hydrogens is 504 g/mol. The number of anilines is 2. The minimum atomic E-state index is -0.940. The van der Waals surface area contributed by atoms with E-state index in [4.69, 9.17) is 16.3 Å². The van der Waals surface area contributed by atoms with Crippen molar-refractivity contribution in [3.8, 4) is 5.75 Å². The number of fused-ring (bicyclic) bond motifs is 1. The van der Waals surface area contributed by atoms with Gasteiger partial charge in [-0.1, -0.05) is 35.9 Å². The second kappa shape index (κ2) is 10.2. The first-order chi connectivity index (χ1) is 18.4. The fraction of sp³-hybridized carbons (Fsp3) is 0.207. The van der Waals surface area contributed by atoms with Crippen LogP contribution in [0.2, 0.25) is 5.02 Å². The van der Waals surface area contributed by atoms with Gasteiger partial charge in [0.25, 0.3) is 5.78 Å². The number of hydrogen-bond acceptors (Lipinski definition) is 6. The molecule has 2 N–H and O–H groups in total. The van der Waals surface area contributed by atoms with Crippen LogP contribution in [0.3, 0.4) is 0 Å². The lowest BCUT2D eigenvalue weighted by molar-refractivity contribution is -0.132. The third kappa shape index (κ3) is 4.26. The van der Waals surface area contributed by atoms with Gasteiger partial charge in [-0.2, -0.15) is 0 Å². The van der Waals surface area contributed by atoms with Crippen molar-refractivity contribution in [3.05, 3.63) is 88.5 Å². The quantitative estimate of drug-likeness (QED) is 0.181. The van der Waals surface area contributed by atoms with Crippen LogP contribution < -0.4 is 14.5 Å². The molecule has 0 spiro atoms. The number of aliphatic hydroxyl groups excluding tert-OH is 1. The van der Waals surface area contributed by atoms with Crippen LogP contribution in [0, 0.1) is 0 Å². The van der Waals surface area contributed by atoms with Gasteiger partial charge < -0.3 is 19.7 Å². The Labute approximate surface area is 225 Å². The maximum absolute atomic E-state index is 13.5. The van der Waals surface area contributed by atoms with E-state index in [0.717, 1.165) is 24.3 Å². The molecule has 4 aromatic rings. The molecule has 8 nitrogen and oxygen atoms in total. The molecule has 0 saturated carbocycles. The van der Waals surface area contributed by atoms with Crippen molar-refractivity contribution in [2.75, 3.05) is 30.0 Å². The van der Waals surface area contributed by atoms with Crippen LogP contribution in [0.25, 0.3) is 16.8 Å². The zero-order chi connectivity index (χ0) is 27.0. The van der Waals surface area contributed by atoms with Gasteiger partial charge in [0.2, 0.25) is 5.95 Å². The first-order valence-corrected chi connectivity index (χ1v) is 12.7. The molecule has 194 valence electrons. The Morgan fingerprint density at radius 1 is 1.08 bits per heavy atom. The van der Waals surface area contributed by atoms with Crippen LogP contribution in [-0.4, -0.2) is 47.0 Å². The second-order valence-electron chi connectivity index (χ2n) is 8.86. The predicted octanol–water partition coefficient (Wildman–Crippen LogP) is 5.70. The number of ether oxygens (including phenoxy) is 1. The summed E-state index contributed by atoms with van der Waals surface area (Å²) >= 11 is 6.22. The van der Waals surface area contributed by atoms with E-state index in [-0.39, 0.29) is 22.8 Å². The lowest BCUT2D eigenvalue weighted by Crippen LogP contribution is -2.30. The minimum Gasteiger partial charge on any atom is -0.507 e. The number of benzene rings is 3. The third-order valence-electron chi connectivity index (χ3n) is 6.80. The van der Waals surface area contributed by atoms with E-state index in [0.29, 0.717) is 21.9 Å². The molecule has 5 rings (SSSR count). The molecule has 38 heavy (non-hydrogen) atoms. The second-order valence-corrected chi connectivity index (χ2v) is 9.29. The number of H-pyrrole nitrogens is 1. The van der Waals surface area contributed by atoms with Crippen LogP contribution in [0.5, 0.6) is 5.75 Å². The number of nitrogens with zero attached hydrogens (tertiary/aromatic N) is 3. The van der Waals surface area contributed by atoms with E-state index in [2.05, 4.69) is 28.7 Å². The summed E-state index contributed by atoms with van der Waals surface area (Å²) in [6.45, 7) is 5.82. The van der Waals surface area contributed by atoms with Crippen LogP contribution in [-0.2, 0) is 9.59 Å².